The average molecular weight is 474 g/mol. The summed E-state index contributed by atoms with van der Waals surface area (Å²) in [5.74, 6) is -0.785. The van der Waals surface area contributed by atoms with E-state index in [0.717, 1.165) is 24.8 Å². The number of amides is 1. The summed E-state index contributed by atoms with van der Waals surface area (Å²) in [4.78, 5) is 12.2. The number of aromatic nitrogens is 2. The van der Waals surface area contributed by atoms with Gasteiger partial charge in [0.25, 0.3) is 0 Å². The number of ether oxygens (including phenoxy) is 2. The van der Waals surface area contributed by atoms with E-state index in [9.17, 15) is 22.4 Å². The second-order valence-electron chi connectivity index (χ2n) is 9.00. The van der Waals surface area contributed by atoms with E-state index in [2.05, 4.69) is 15.2 Å². The highest BCUT2D eigenvalue weighted by molar-refractivity contribution is 6.30. The number of carbonyl (C=O) groups excluding carboxylic acids is 1. The number of halogens is 5. The molecule has 4 saturated carbocycles. The Kier molecular flexibility index (Phi) is 5.03. The molecule has 6 rings (SSSR count). The van der Waals surface area contributed by atoms with Crippen molar-refractivity contribution in [2.45, 2.75) is 61.6 Å². The first-order valence-electron chi connectivity index (χ1n) is 10.2. The van der Waals surface area contributed by atoms with Gasteiger partial charge in [-0.3, -0.25) is 9.53 Å². The van der Waals surface area contributed by atoms with Gasteiger partial charge in [-0.05, 0) is 37.0 Å². The number of alkyl halides is 3. The predicted octanol–water partition coefficient (Wildman–Crippen LogP) is 4.04. The number of carbonyl (C=O) groups is 1. The minimum atomic E-state index is -4.64. The number of hydrogen-bond acceptors (Lipinski definition) is 4. The summed E-state index contributed by atoms with van der Waals surface area (Å²) in [5.41, 5.74) is 1.29. The van der Waals surface area contributed by atoms with Crippen LogP contribution in [-0.4, -0.2) is 46.4 Å². The molecule has 2 bridgehead atoms. The van der Waals surface area contributed by atoms with Crippen LogP contribution in [0.5, 0.6) is 0 Å². The molecule has 4 aliphatic rings. The molecule has 1 N–H and O–H groups in total. The Hall–Kier alpha value is -2.17. The van der Waals surface area contributed by atoms with E-state index < -0.39 is 24.4 Å². The normalized spacial score (nSPS) is 30.8. The van der Waals surface area contributed by atoms with Crippen LogP contribution in [0, 0.1) is 5.82 Å². The van der Waals surface area contributed by atoms with Crippen molar-refractivity contribution in [1.82, 2.24) is 15.1 Å². The Morgan fingerprint density at radius 2 is 1.97 bits per heavy atom. The molecule has 1 aromatic carbocycles. The zero-order chi connectivity index (χ0) is 22.7. The summed E-state index contributed by atoms with van der Waals surface area (Å²) in [6.45, 7) is -0.182. The van der Waals surface area contributed by atoms with Crippen LogP contribution in [0.15, 0.2) is 30.6 Å². The molecule has 172 valence electrons. The van der Waals surface area contributed by atoms with E-state index >= 15 is 0 Å². The lowest BCUT2D eigenvalue weighted by Crippen LogP contribution is -2.77. The van der Waals surface area contributed by atoms with E-state index in [1.807, 2.05) is 6.20 Å². The van der Waals surface area contributed by atoms with Crippen molar-refractivity contribution in [3.05, 3.63) is 47.0 Å². The molecule has 0 unspecified atom stereocenters. The van der Waals surface area contributed by atoms with Crippen LogP contribution in [0.4, 0.5) is 17.6 Å². The van der Waals surface area contributed by atoms with Crippen molar-refractivity contribution < 1.29 is 31.8 Å². The molecule has 32 heavy (non-hydrogen) atoms. The van der Waals surface area contributed by atoms with Gasteiger partial charge in [0.1, 0.15) is 12.4 Å². The predicted molar refractivity (Wildman–Crippen MR) is 105 cm³/mol. The van der Waals surface area contributed by atoms with E-state index in [-0.39, 0.29) is 41.3 Å². The molecule has 1 amide bonds. The first-order valence-corrected chi connectivity index (χ1v) is 10.6. The highest BCUT2D eigenvalue weighted by Gasteiger charge is 2.69. The van der Waals surface area contributed by atoms with Gasteiger partial charge < -0.3 is 10.1 Å². The molecule has 1 aromatic heterocycles. The molecule has 0 spiro atoms. The fraction of sp³-hybridized carbons (Fsp3) is 0.524. The maximum Gasteiger partial charge on any atom is 0.522 e. The smallest absolute Gasteiger partial charge is 0.368 e. The Balaban J connectivity index is 1.08. The van der Waals surface area contributed by atoms with E-state index in [1.54, 1.807) is 16.9 Å². The van der Waals surface area contributed by atoms with Crippen molar-refractivity contribution in [1.29, 1.82) is 0 Å². The molecule has 1 heterocycles. The maximum atomic E-state index is 13.7. The standard InChI is InChI=1S/C21H20ClF4N3O3/c22-16-2-1-13(3-17(16)23)29-7-12(6-27-29)19-9-20(10-19,11-19)28-18(30)8-31-14-4-15(5-14)32-21(24,25)26/h1-3,6-7,14-15H,4-5,8-11H2,(H,28,30). The van der Waals surface area contributed by atoms with E-state index in [4.69, 9.17) is 16.3 Å². The third-order valence-electron chi connectivity index (χ3n) is 6.60. The lowest BCUT2D eigenvalue weighted by molar-refractivity contribution is -0.357. The maximum absolute atomic E-state index is 13.7. The number of nitrogens with one attached hydrogen (secondary N) is 1. The molecule has 0 atom stereocenters. The van der Waals surface area contributed by atoms with Crippen LogP contribution in [0.25, 0.3) is 5.69 Å². The van der Waals surface area contributed by atoms with Crippen LogP contribution in [0.1, 0.15) is 37.7 Å². The fourth-order valence-corrected chi connectivity index (χ4v) is 5.17. The first kappa shape index (κ1) is 21.7. The highest BCUT2D eigenvalue weighted by atomic mass is 35.5. The van der Waals surface area contributed by atoms with Crippen LogP contribution in [-0.2, 0) is 19.7 Å². The molecule has 6 nitrogen and oxygen atoms in total. The van der Waals surface area contributed by atoms with E-state index in [1.165, 1.54) is 12.1 Å². The summed E-state index contributed by atoms with van der Waals surface area (Å²) in [6.07, 6.45) is 0.275. The zero-order valence-electron chi connectivity index (χ0n) is 16.8. The van der Waals surface area contributed by atoms with Crippen LogP contribution < -0.4 is 5.32 Å². The summed E-state index contributed by atoms with van der Waals surface area (Å²) in [7, 11) is 0. The Morgan fingerprint density at radius 1 is 1.25 bits per heavy atom. The van der Waals surface area contributed by atoms with Crippen LogP contribution in [0.2, 0.25) is 5.02 Å². The van der Waals surface area contributed by atoms with E-state index in [0.29, 0.717) is 5.69 Å². The number of nitrogens with zero attached hydrogens (tertiary/aromatic N) is 2. The molecule has 4 aliphatic carbocycles. The lowest BCUT2D eigenvalue weighted by atomic mass is 9.37. The minimum Gasteiger partial charge on any atom is -0.368 e. The largest absolute Gasteiger partial charge is 0.522 e. The average Bonchev–Trinajstić information content (AvgIpc) is 3.10. The van der Waals surface area contributed by atoms with Gasteiger partial charge in [0, 0.05) is 36.1 Å². The third-order valence-corrected chi connectivity index (χ3v) is 6.91. The third kappa shape index (κ3) is 3.99. The molecule has 0 radical (unpaired) electrons. The SMILES string of the molecule is O=C(COC1CC(OC(F)(F)F)C1)NC12CC(c3cnn(-c4ccc(Cl)c(F)c4)c3)(C1)C2. The molecule has 4 fully saturated rings. The summed E-state index contributed by atoms with van der Waals surface area (Å²) in [6, 6.07) is 4.49. The van der Waals surface area contributed by atoms with Gasteiger partial charge in [-0.1, -0.05) is 11.6 Å². The second kappa shape index (κ2) is 7.43. The van der Waals surface area contributed by atoms with Crippen molar-refractivity contribution in [2.75, 3.05) is 6.61 Å². The van der Waals surface area contributed by atoms with Crippen LogP contribution in [0.3, 0.4) is 0 Å². The van der Waals surface area contributed by atoms with Gasteiger partial charge in [-0.25, -0.2) is 9.07 Å². The van der Waals surface area contributed by atoms with Gasteiger partial charge in [0.05, 0.1) is 29.1 Å². The minimum absolute atomic E-state index is 0.0481. The zero-order valence-corrected chi connectivity index (χ0v) is 17.5. The van der Waals surface area contributed by atoms with Crippen molar-refractivity contribution in [2.24, 2.45) is 0 Å². The van der Waals surface area contributed by atoms with Gasteiger partial charge >= 0.3 is 6.36 Å². The summed E-state index contributed by atoms with van der Waals surface area (Å²) < 4.78 is 61.0. The Morgan fingerprint density at radius 3 is 2.62 bits per heavy atom. The van der Waals surface area contributed by atoms with Crippen LogP contribution >= 0.6 is 11.6 Å². The monoisotopic (exact) mass is 473 g/mol. The Bertz CT molecular complexity index is 1030. The Labute approximate surface area is 185 Å². The van der Waals surface area contributed by atoms with Gasteiger partial charge in [0.15, 0.2) is 0 Å². The van der Waals surface area contributed by atoms with Crippen molar-refractivity contribution >= 4 is 17.5 Å². The molecular weight excluding hydrogens is 454 g/mol. The fourth-order valence-electron chi connectivity index (χ4n) is 5.06. The molecular formula is C21H20ClF4N3O3. The number of hydrogen-bond donors (Lipinski definition) is 1. The lowest BCUT2D eigenvalue weighted by Gasteiger charge is -2.70. The summed E-state index contributed by atoms with van der Waals surface area (Å²) in [5, 5.41) is 7.37. The quantitative estimate of drug-likeness (QED) is 0.616. The van der Waals surface area contributed by atoms with Gasteiger partial charge in [0.2, 0.25) is 5.91 Å². The van der Waals surface area contributed by atoms with Gasteiger partial charge in [-0.15, -0.1) is 13.2 Å². The topological polar surface area (TPSA) is 65.4 Å². The molecule has 11 heteroatoms. The van der Waals surface area contributed by atoms with Crippen molar-refractivity contribution in [3.63, 3.8) is 0 Å². The highest BCUT2D eigenvalue weighted by Crippen LogP contribution is 2.67. The first-order chi connectivity index (χ1) is 15.0. The molecule has 0 aliphatic heterocycles. The van der Waals surface area contributed by atoms with Gasteiger partial charge in [-0.2, -0.15) is 5.10 Å². The number of rotatable bonds is 7. The molecule has 2 aromatic rings. The second-order valence-corrected chi connectivity index (χ2v) is 9.41. The molecule has 0 saturated heterocycles. The number of benzene rings is 1. The van der Waals surface area contributed by atoms with Crippen molar-refractivity contribution in [3.8, 4) is 5.69 Å². The summed E-state index contributed by atoms with van der Waals surface area (Å²) >= 11 is 5.73.